The zero-order valence-corrected chi connectivity index (χ0v) is 14.9. The van der Waals surface area contributed by atoms with Crippen molar-refractivity contribution in [2.45, 2.75) is 37.2 Å². The van der Waals surface area contributed by atoms with Gasteiger partial charge in [-0.15, -0.1) is 0 Å². The third-order valence-electron chi connectivity index (χ3n) is 4.52. The van der Waals surface area contributed by atoms with E-state index in [1.165, 1.54) is 37.5 Å². The van der Waals surface area contributed by atoms with E-state index in [1.807, 2.05) is 24.3 Å². The van der Waals surface area contributed by atoms with Crippen molar-refractivity contribution < 1.29 is 12.8 Å². The third-order valence-corrected chi connectivity index (χ3v) is 5.92. The molecule has 1 fully saturated rings. The number of hydrogen-bond donors (Lipinski definition) is 1. The lowest BCUT2D eigenvalue weighted by Crippen LogP contribution is -2.30. The van der Waals surface area contributed by atoms with Gasteiger partial charge in [0.2, 0.25) is 10.0 Å². The van der Waals surface area contributed by atoms with Gasteiger partial charge in [0.05, 0.1) is 4.90 Å². The fourth-order valence-electron chi connectivity index (χ4n) is 3.13. The number of nitrogens with zero attached hydrogens (tertiary/aromatic N) is 1. The second kappa shape index (κ2) is 8.08. The van der Waals surface area contributed by atoms with Crippen LogP contribution in [0.4, 0.5) is 4.39 Å². The quantitative estimate of drug-likeness (QED) is 0.858. The SMILES string of the molecule is O=S(=O)(NCc1ccccc1CN1CCCCC1)c1cccc(F)c1. The van der Waals surface area contributed by atoms with Crippen molar-refractivity contribution in [3.63, 3.8) is 0 Å². The van der Waals surface area contributed by atoms with Crippen molar-refractivity contribution in [1.29, 1.82) is 0 Å². The molecule has 3 rings (SSSR count). The molecule has 1 N–H and O–H groups in total. The predicted molar refractivity (Wildman–Crippen MR) is 96.0 cm³/mol. The molecule has 2 aromatic carbocycles. The number of sulfonamides is 1. The monoisotopic (exact) mass is 362 g/mol. The average Bonchev–Trinajstić information content (AvgIpc) is 2.62. The standard InChI is InChI=1S/C19H23FN2O2S/c20-18-9-6-10-19(13-18)25(23,24)21-14-16-7-2-3-8-17(16)15-22-11-4-1-5-12-22/h2-3,6-10,13,21H,1,4-5,11-12,14-15H2. The van der Waals surface area contributed by atoms with Crippen LogP contribution in [0.5, 0.6) is 0 Å². The lowest BCUT2D eigenvalue weighted by Gasteiger charge is -2.27. The summed E-state index contributed by atoms with van der Waals surface area (Å²) in [5.74, 6) is -0.562. The minimum absolute atomic E-state index is 0.0546. The van der Waals surface area contributed by atoms with Crippen molar-refractivity contribution in [3.8, 4) is 0 Å². The number of nitrogens with one attached hydrogen (secondary N) is 1. The molecule has 6 heteroatoms. The van der Waals surface area contributed by atoms with Gasteiger partial charge in [-0.3, -0.25) is 4.90 Å². The van der Waals surface area contributed by atoms with E-state index in [-0.39, 0.29) is 11.4 Å². The van der Waals surface area contributed by atoms with Gasteiger partial charge < -0.3 is 0 Å². The molecule has 0 aliphatic carbocycles. The van der Waals surface area contributed by atoms with E-state index in [1.54, 1.807) is 0 Å². The van der Waals surface area contributed by atoms with Crippen LogP contribution < -0.4 is 4.72 Å². The van der Waals surface area contributed by atoms with Crippen molar-refractivity contribution in [3.05, 3.63) is 65.5 Å². The van der Waals surface area contributed by atoms with Crippen LogP contribution in [-0.4, -0.2) is 26.4 Å². The molecule has 1 aliphatic heterocycles. The maximum absolute atomic E-state index is 13.3. The Morgan fingerprint density at radius 2 is 1.68 bits per heavy atom. The first-order valence-corrected chi connectivity index (χ1v) is 10.1. The molecular formula is C19H23FN2O2S. The van der Waals surface area contributed by atoms with Gasteiger partial charge in [0.15, 0.2) is 0 Å². The molecule has 0 atom stereocenters. The van der Waals surface area contributed by atoms with Crippen LogP contribution >= 0.6 is 0 Å². The first-order valence-electron chi connectivity index (χ1n) is 8.59. The first-order chi connectivity index (χ1) is 12.0. The fourth-order valence-corrected chi connectivity index (χ4v) is 4.17. The average molecular weight is 362 g/mol. The Kier molecular flexibility index (Phi) is 5.83. The molecule has 0 saturated carbocycles. The van der Waals surface area contributed by atoms with Crippen LogP contribution in [0.25, 0.3) is 0 Å². The van der Waals surface area contributed by atoms with E-state index in [4.69, 9.17) is 0 Å². The van der Waals surface area contributed by atoms with Crippen LogP contribution in [0.3, 0.4) is 0 Å². The minimum Gasteiger partial charge on any atom is -0.299 e. The van der Waals surface area contributed by atoms with Crippen molar-refractivity contribution in [2.75, 3.05) is 13.1 Å². The number of piperidine rings is 1. The van der Waals surface area contributed by atoms with E-state index in [0.717, 1.165) is 36.8 Å². The first kappa shape index (κ1) is 18.0. The molecule has 1 aliphatic rings. The Morgan fingerprint density at radius 3 is 2.40 bits per heavy atom. The van der Waals surface area contributed by atoms with Crippen molar-refractivity contribution in [1.82, 2.24) is 9.62 Å². The maximum atomic E-state index is 13.3. The van der Waals surface area contributed by atoms with Gasteiger partial charge in [-0.25, -0.2) is 17.5 Å². The second-order valence-corrected chi connectivity index (χ2v) is 8.15. The topological polar surface area (TPSA) is 49.4 Å². The fraction of sp³-hybridized carbons (Fsp3) is 0.368. The summed E-state index contributed by atoms with van der Waals surface area (Å²) >= 11 is 0. The van der Waals surface area contributed by atoms with E-state index < -0.39 is 15.8 Å². The van der Waals surface area contributed by atoms with Gasteiger partial charge in [0.1, 0.15) is 5.82 Å². The molecule has 25 heavy (non-hydrogen) atoms. The van der Waals surface area contributed by atoms with E-state index in [0.29, 0.717) is 0 Å². The highest BCUT2D eigenvalue weighted by Gasteiger charge is 2.16. The Morgan fingerprint density at radius 1 is 0.960 bits per heavy atom. The van der Waals surface area contributed by atoms with Gasteiger partial charge >= 0.3 is 0 Å². The number of hydrogen-bond acceptors (Lipinski definition) is 3. The summed E-state index contributed by atoms with van der Waals surface area (Å²) in [6.07, 6.45) is 3.72. The molecule has 134 valence electrons. The highest BCUT2D eigenvalue weighted by atomic mass is 32.2. The molecule has 0 radical (unpaired) electrons. The second-order valence-electron chi connectivity index (χ2n) is 6.39. The molecule has 0 amide bonds. The van der Waals surface area contributed by atoms with Gasteiger partial charge in [-0.05, 0) is 55.3 Å². The number of halogens is 1. The largest absolute Gasteiger partial charge is 0.299 e. The van der Waals surface area contributed by atoms with E-state index in [9.17, 15) is 12.8 Å². The molecule has 2 aromatic rings. The Bertz CT molecular complexity index is 818. The summed E-state index contributed by atoms with van der Waals surface area (Å²) in [4.78, 5) is 2.35. The predicted octanol–water partition coefficient (Wildman–Crippen LogP) is 3.29. The van der Waals surface area contributed by atoms with Gasteiger partial charge in [-0.2, -0.15) is 0 Å². The third kappa shape index (κ3) is 4.87. The molecule has 1 heterocycles. The molecule has 0 bridgehead atoms. The molecule has 0 spiro atoms. The Balaban J connectivity index is 1.70. The van der Waals surface area contributed by atoms with Gasteiger partial charge in [0.25, 0.3) is 0 Å². The van der Waals surface area contributed by atoms with Gasteiger partial charge in [-0.1, -0.05) is 36.8 Å². The maximum Gasteiger partial charge on any atom is 0.240 e. The summed E-state index contributed by atoms with van der Waals surface area (Å²) in [6.45, 7) is 3.20. The van der Waals surface area contributed by atoms with Crippen LogP contribution in [0.2, 0.25) is 0 Å². The zero-order valence-electron chi connectivity index (χ0n) is 14.1. The van der Waals surface area contributed by atoms with E-state index in [2.05, 4.69) is 9.62 Å². The molecule has 0 unspecified atom stereocenters. The van der Waals surface area contributed by atoms with Crippen LogP contribution in [-0.2, 0) is 23.1 Å². The summed E-state index contributed by atoms with van der Waals surface area (Å²) in [7, 11) is -3.73. The van der Waals surface area contributed by atoms with Gasteiger partial charge in [0, 0.05) is 13.1 Å². The number of benzene rings is 2. The Hall–Kier alpha value is -1.76. The molecule has 4 nitrogen and oxygen atoms in total. The van der Waals surface area contributed by atoms with Crippen molar-refractivity contribution in [2.24, 2.45) is 0 Å². The lowest BCUT2D eigenvalue weighted by atomic mass is 10.1. The molecule has 0 aromatic heterocycles. The van der Waals surface area contributed by atoms with Crippen LogP contribution in [0, 0.1) is 5.82 Å². The number of rotatable bonds is 6. The Labute approximate surface area is 148 Å². The lowest BCUT2D eigenvalue weighted by molar-refractivity contribution is 0.220. The highest BCUT2D eigenvalue weighted by Crippen LogP contribution is 2.17. The van der Waals surface area contributed by atoms with Crippen LogP contribution in [0.1, 0.15) is 30.4 Å². The summed E-state index contributed by atoms with van der Waals surface area (Å²) in [6, 6.07) is 12.9. The molecule has 1 saturated heterocycles. The smallest absolute Gasteiger partial charge is 0.240 e. The zero-order chi connectivity index (χ0) is 17.7. The summed E-state index contributed by atoms with van der Waals surface area (Å²) in [5.41, 5.74) is 2.08. The summed E-state index contributed by atoms with van der Waals surface area (Å²) in [5, 5.41) is 0. The normalized spacial score (nSPS) is 16.0. The minimum atomic E-state index is -3.73. The highest BCUT2D eigenvalue weighted by molar-refractivity contribution is 7.89. The number of likely N-dealkylation sites (tertiary alicyclic amines) is 1. The van der Waals surface area contributed by atoms with Crippen molar-refractivity contribution >= 4 is 10.0 Å². The van der Waals surface area contributed by atoms with Crippen LogP contribution in [0.15, 0.2) is 53.4 Å². The molecular weight excluding hydrogens is 339 g/mol. The summed E-state index contributed by atoms with van der Waals surface area (Å²) < 4.78 is 40.6. The van der Waals surface area contributed by atoms with E-state index >= 15 is 0 Å².